The normalized spacial score (nSPS) is 11.1. The van der Waals surface area contributed by atoms with Crippen LogP contribution in [-0.2, 0) is 0 Å². The molecule has 1 radical (unpaired) electrons. The molecule has 0 aliphatic heterocycles. The molecule has 0 aromatic heterocycles. The average Bonchev–Trinajstić information content (AvgIpc) is 2.81. The van der Waals surface area contributed by atoms with Gasteiger partial charge < -0.3 is 9.47 Å². The van der Waals surface area contributed by atoms with Crippen LogP contribution in [0, 0.1) is 6.07 Å². The lowest BCUT2D eigenvalue weighted by Crippen LogP contribution is -2.02. The van der Waals surface area contributed by atoms with Crippen molar-refractivity contribution in [3.8, 4) is 11.5 Å². The van der Waals surface area contributed by atoms with Gasteiger partial charge in [0.15, 0.2) is 11.5 Å². The summed E-state index contributed by atoms with van der Waals surface area (Å²) in [5.41, 5.74) is 0. The highest BCUT2D eigenvalue weighted by Crippen LogP contribution is 2.26. The number of benzene rings is 1. The van der Waals surface area contributed by atoms with Gasteiger partial charge in [-0.15, -0.1) is 0 Å². The van der Waals surface area contributed by atoms with Crippen LogP contribution in [0.5, 0.6) is 11.5 Å². The molecule has 0 N–H and O–H groups in total. The van der Waals surface area contributed by atoms with Gasteiger partial charge in [-0.05, 0) is 18.9 Å². The molecule has 185 valence electrons. The molecular weight excluding hydrogens is 392 g/mol. The number of ether oxygens (including phenoxy) is 2. The smallest absolute Gasteiger partial charge is 0.169 e. The van der Waals surface area contributed by atoms with Crippen molar-refractivity contribution in [2.24, 2.45) is 0 Å². The van der Waals surface area contributed by atoms with E-state index >= 15 is 0 Å². The Hall–Kier alpha value is -1.18. The maximum atomic E-state index is 6.00. The summed E-state index contributed by atoms with van der Waals surface area (Å²) >= 11 is 0. The van der Waals surface area contributed by atoms with Gasteiger partial charge in [0.1, 0.15) is 0 Å². The summed E-state index contributed by atoms with van der Waals surface area (Å²) in [5.74, 6) is 1.64. The van der Waals surface area contributed by atoms with E-state index in [1.165, 1.54) is 116 Å². The highest BCUT2D eigenvalue weighted by Gasteiger charge is 2.04. The Morgan fingerprint density at radius 1 is 0.531 bits per heavy atom. The van der Waals surface area contributed by atoms with Crippen LogP contribution < -0.4 is 9.47 Å². The zero-order chi connectivity index (χ0) is 23.0. The zero-order valence-electron chi connectivity index (χ0n) is 21.6. The third kappa shape index (κ3) is 17.4. The van der Waals surface area contributed by atoms with Crippen molar-refractivity contribution in [3.05, 3.63) is 24.3 Å². The first-order valence-electron chi connectivity index (χ1n) is 14.1. The molecule has 0 fully saturated rings. The van der Waals surface area contributed by atoms with Gasteiger partial charge in [-0.25, -0.2) is 0 Å². The first kappa shape index (κ1) is 28.9. The lowest BCUT2D eigenvalue weighted by atomic mass is 10.1. The molecule has 0 amide bonds. The quantitative estimate of drug-likeness (QED) is 0.147. The van der Waals surface area contributed by atoms with Gasteiger partial charge in [-0.2, -0.15) is 0 Å². The molecule has 0 atom stereocenters. The Kier molecular flexibility index (Phi) is 20.7. The average molecular weight is 446 g/mol. The van der Waals surface area contributed by atoms with E-state index in [1.54, 1.807) is 0 Å². The lowest BCUT2D eigenvalue weighted by molar-refractivity contribution is 0.258. The van der Waals surface area contributed by atoms with Crippen molar-refractivity contribution in [3.63, 3.8) is 0 Å². The molecule has 2 heteroatoms. The largest absolute Gasteiger partial charge is 0.490 e. The van der Waals surface area contributed by atoms with Gasteiger partial charge in [-0.1, -0.05) is 142 Å². The van der Waals surface area contributed by atoms with Crippen molar-refractivity contribution in [2.45, 2.75) is 142 Å². The third-order valence-corrected chi connectivity index (χ3v) is 6.28. The van der Waals surface area contributed by atoms with Crippen LogP contribution in [0.3, 0.4) is 0 Å². The molecule has 0 aliphatic carbocycles. The Morgan fingerprint density at radius 2 is 0.938 bits per heavy atom. The minimum Gasteiger partial charge on any atom is -0.490 e. The summed E-state index contributed by atoms with van der Waals surface area (Å²) in [5, 5.41) is 0. The van der Waals surface area contributed by atoms with E-state index in [-0.39, 0.29) is 0 Å². The number of unbranched alkanes of at least 4 members (excludes halogenated alkanes) is 18. The van der Waals surface area contributed by atoms with Crippen LogP contribution in [0.4, 0.5) is 0 Å². The van der Waals surface area contributed by atoms with Gasteiger partial charge in [0, 0.05) is 6.07 Å². The number of para-hydroxylation sites is 1. The third-order valence-electron chi connectivity index (χ3n) is 6.28. The molecule has 1 rings (SSSR count). The van der Waals surface area contributed by atoms with Gasteiger partial charge >= 0.3 is 0 Å². The molecule has 2 nitrogen and oxygen atoms in total. The van der Waals surface area contributed by atoms with Gasteiger partial charge in [0.25, 0.3) is 0 Å². The summed E-state index contributed by atoms with van der Waals surface area (Å²) in [7, 11) is 0. The summed E-state index contributed by atoms with van der Waals surface area (Å²) < 4.78 is 12.0. The first-order chi connectivity index (χ1) is 15.9. The molecule has 0 saturated carbocycles. The molecule has 0 bridgehead atoms. The Bertz CT molecular complexity index is 454. The van der Waals surface area contributed by atoms with Crippen LogP contribution in [0.25, 0.3) is 0 Å². The SMILES string of the molecule is CCCCCCCCCCCCOc1[c]cccc1OCCCCCCCCCCCC. The van der Waals surface area contributed by atoms with Gasteiger partial charge in [0.2, 0.25) is 0 Å². The predicted octanol–water partition coefficient (Wildman–Crippen LogP) is 10.1. The van der Waals surface area contributed by atoms with E-state index in [0.29, 0.717) is 0 Å². The summed E-state index contributed by atoms with van der Waals surface area (Å²) in [6, 6.07) is 9.13. The highest BCUT2D eigenvalue weighted by atomic mass is 16.5. The standard InChI is InChI=1S/C30H53O2/c1-3-5-7-9-11-13-15-17-19-23-27-31-29-25-21-22-26-30(29)32-28-24-20-18-16-14-12-10-8-6-4-2/h21-22,25H,3-20,23-24,27-28H2,1-2H3. The fourth-order valence-corrected chi connectivity index (χ4v) is 4.17. The monoisotopic (exact) mass is 445 g/mol. The minimum absolute atomic E-state index is 0.769. The van der Waals surface area contributed by atoms with Crippen LogP contribution in [0.15, 0.2) is 18.2 Å². The lowest BCUT2D eigenvalue weighted by Gasteiger charge is -2.12. The second kappa shape index (κ2) is 23.0. The Labute approximate surface area is 200 Å². The van der Waals surface area contributed by atoms with Crippen molar-refractivity contribution in [1.29, 1.82) is 0 Å². The van der Waals surface area contributed by atoms with Gasteiger partial charge in [0.05, 0.1) is 13.2 Å². The maximum absolute atomic E-state index is 6.00. The molecule has 1 aromatic carbocycles. The summed E-state index contributed by atoms with van der Waals surface area (Å²) in [6.45, 7) is 6.11. The second-order valence-electron chi connectivity index (χ2n) is 9.42. The summed E-state index contributed by atoms with van der Waals surface area (Å²) in [4.78, 5) is 0. The predicted molar refractivity (Wildman–Crippen MR) is 140 cm³/mol. The fraction of sp³-hybridized carbons (Fsp3) is 0.800. The highest BCUT2D eigenvalue weighted by molar-refractivity contribution is 5.38. The van der Waals surface area contributed by atoms with Crippen molar-refractivity contribution < 1.29 is 9.47 Å². The van der Waals surface area contributed by atoms with E-state index in [9.17, 15) is 0 Å². The first-order valence-corrected chi connectivity index (χ1v) is 14.1. The molecular formula is C30H53O2. The molecule has 0 spiro atoms. The molecule has 0 unspecified atom stereocenters. The van der Waals surface area contributed by atoms with E-state index in [4.69, 9.17) is 9.47 Å². The van der Waals surface area contributed by atoms with E-state index < -0.39 is 0 Å². The Morgan fingerprint density at radius 3 is 1.41 bits per heavy atom. The number of hydrogen-bond donors (Lipinski definition) is 0. The maximum Gasteiger partial charge on any atom is 0.169 e. The van der Waals surface area contributed by atoms with Crippen molar-refractivity contribution in [1.82, 2.24) is 0 Å². The Balaban J connectivity index is 1.99. The van der Waals surface area contributed by atoms with Gasteiger partial charge in [-0.3, -0.25) is 0 Å². The topological polar surface area (TPSA) is 18.5 Å². The number of hydrogen-bond acceptors (Lipinski definition) is 2. The van der Waals surface area contributed by atoms with Crippen LogP contribution >= 0.6 is 0 Å². The van der Waals surface area contributed by atoms with Crippen LogP contribution in [-0.4, -0.2) is 13.2 Å². The molecule has 0 aliphatic rings. The second-order valence-corrected chi connectivity index (χ2v) is 9.42. The van der Waals surface area contributed by atoms with Crippen molar-refractivity contribution in [2.75, 3.05) is 13.2 Å². The minimum atomic E-state index is 0.769. The molecule has 1 aromatic rings. The molecule has 0 saturated heterocycles. The molecule has 0 heterocycles. The summed E-state index contributed by atoms with van der Waals surface area (Å²) in [6.07, 6.45) is 27.0. The van der Waals surface area contributed by atoms with Crippen LogP contribution in [0.2, 0.25) is 0 Å². The zero-order valence-corrected chi connectivity index (χ0v) is 21.6. The van der Waals surface area contributed by atoms with E-state index in [0.717, 1.165) is 37.6 Å². The number of rotatable bonds is 24. The fourth-order valence-electron chi connectivity index (χ4n) is 4.17. The van der Waals surface area contributed by atoms with E-state index in [2.05, 4.69) is 19.9 Å². The van der Waals surface area contributed by atoms with E-state index in [1.807, 2.05) is 18.2 Å². The van der Waals surface area contributed by atoms with Crippen LogP contribution in [0.1, 0.15) is 142 Å². The van der Waals surface area contributed by atoms with Crippen molar-refractivity contribution >= 4 is 0 Å². The molecule has 32 heavy (non-hydrogen) atoms.